The van der Waals surface area contributed by atoms with Gasteiger partial charge in [0.25, 0.3) is 0 Å². The Kier molecular flexibility index (Phi) is 4.95. The fourth-order valence-corrected chi connectivity index (χ4v) is 4.86. The maximum absolute atomic E-state index is 12.3. The summed E-state index contributed by atoms with van der Waals surface area (Å²) in [7, 11) is 0. The van der Waals surface area contributed by atoms with E-state index in [1.807, 2.05) is 13.8 Å². The van der Waals surface area contributed by atoms with Gasteiger partial charge in [0, 0.05) is 0 Å². The van der Waals surface area contributed by atoms with Crippen molar-refractivity contribution in [2.75, 3.05) is 6.54 Å². The lowest BCUT2D eigenvalue weighted by molar-refractivity contribution is 0.207. The minimum Gasteiger partial charge on any atom is -0.330 e. The predicted molar refractivity (Wildman–Crippen MR) is 114 cm³/mol. The molecule has 29 heavy (non-hydrogen) atoms. The Balaban J connectivity index is 2.16. The van der Waals surface area contributed by atoms with Crippen molar-refractivity contribution in [3.8, 4) is 0 Å². The van der Waals surface area contributed by atoms with Gasteiger partial charge in [0.1, 0.15) is 0 Å². The molecule has 1 aliphatic rings. The van der Waals surface area contributed by atoms with Crippen LogP contribution in [-0.2, 0) is 18.3 Å². The van der Waals surface area contributed by atoms with Crippen molar-refractivity contribution in [2.24, 2.45) is 5.73 Å². The second kappa shape index (κ2) is 7.30. The summed E-state index contributed by atoms with van der Waals surface area (Å²) in [6.45, 7) is 8.72. The lowest BCUT2D eigenvalue weighted by atomic mass is 9.69. The van der Waals surface area contributed by atoms with Crippen molar-refractivity contribution in [3.05, 3.63) is 86.2 Å². The Morgan fingerprint density at radius 3 is 2.10 bits per heavy atom. The fourth-order valence-electron chi connectivity index (χ4n) is 4.86. The Morgan fingerprint density at radius 1 is 1.07 bits per heavy atom. The van der Waals surface area contributed by atoms with E-state index in [9.17, 15) is 4.79 Å². The Morgan fingerprint density at radius 2 is 1.62 bits per heavy atom. The fraction of sp³-hybridized carbons (Fsp3) is 0.417. The van der Waals surface area contributed by atoms with E-state index >= 15 is 0 Å². The summed E-state index contributed by atoms with van der Waals surface area (Å²) in [5.41, 5.74) is 13.0. The largest absolute Gasteiger partial charge is 0.459 e. The zero-order valence-electron chi connectivity index (χ0n) is 17.7. The molecule has 1 aromatic heterocycles. The van der Waals surface area contributed by atoms with Crippen LogP contribution in [0.4, 0.5) is 0 Å². The summed E-state index contributed by atoms with van der Waals surface area (Å²) < 4.78 is 7.21. The third kappa shape index (κ3) is 3.14. The molecule has 2 aromatic carbocycles. The van der Waals surface area contributed by atoms with Gasteiger partial charge in [-0.3, -0.25) is 0 Å². The van der Waals surface area contributed by atoms with Gasteiger partial charge < -0.3 is 10.3 Å². The highest BCUT2D eigenvalue weighted by molar-refractivity contribution is 5.56. The second-order valence-corrected chi connectivity index (χ2v) is 8.48. The molecule has 1 heterocycles. The molecule has 0 saturated carbocycles. The van der Waals surface area contributed by atoms with Crippen molar-refractivity contribution in [1.82, 2.24) is 9.72 Å². The number of aryl methyl sites for hydroxylation is 4. The van der Waals surface area contributed by atoms with Gasteiger partial charge in [0.15, 0.2) is 5.82 Å². The van der Waals surface area contributed by atoms with Gasteiger partial charge in [-0.05, 0) is 75.8 Å². The molecule has 1 aliphatic carbocycles. The average molecular weight is 392 g/mol. The van der Waals surface area contributed by atoms with Crippen LogP contribution >= 0.6 is 0 Å². The van der Waals surface area contributed by atoms with Crippen molar-refractivity contribution in [3.63, 3.8) is 0 Å². The molecular weight excluding hydrogens is 362 g/mol. The number of nitrogens with zero attached hydrogens (tertiary/aromatic N) is 2. The van der Waals surface area contributed by atoms with Gasteiger partial charge in [0.05, 0.1) is 11.5 Å². The van der Waals surface area contributed by atoms with Crippen LogP contribution in [0.1, 0.15) is 65.5 Å². The Bertz CT molecular complexity index is 1050. The molecule has 0 spiro atoms. The van der Waals surface area contributed by atoms with E-state index in [1.165, 1.54) is 33.4 Å². The quantitative estimate of drug-likeness (QED) is 0.734. The van der Waals surface area contributed by atoms with Crippen LogP contribution in [0, 0.1) is 13.8 Å². The monoisotopic (exact) mass is 391 g/mol. The molecule has 0 fully saturated rings. The number of nitrogens with two attached hydrogens (primary N) is 1. The topological polar surface area (TPSA) is 74.1 Å². The van der Waals surface area contributed by atoms with Gasteiger partial charge in [-0.1, -0.05) is 47.5 Å². The van der Waals surface area contributed by atoms with Crippen LogP contribution in [0.2, 0.25) is 0 Å². The zero-order chi connectivity index (χ0) is 20.8. The van der Waals surface area contributed by atoms with Crippen LogP contribution in [-0.4, -0.2) is 16.3 Å². The summed E-state index contributed by atoms with van der Waals surface area (Å²) in [6, 6.07) is 13.2. The first kappa shape index (κ1) is 19.6. The molecule has 0 radical (unpaired) electrons. The lowest BCUT2D eigenvalue weighted by Crippen LogP contribution is -2.37. The molecule has 0 saturated heterocycles. The van der Waals surface area contributed by atoms with Crippen molar-refractivity contribution < 1.29 is 4.52 Å². The number of benzene rings is 2. The number of hydrogen-bond donors (Lipinski definition) is 1. The number of aromatic nitrogens is 2. The van der Waals surface area contributed by atoms with E-state index in [0.717, 1.165) is 12.8 Å². The molecule has 0 bridgehead atoms. The number of fused-ring (bicyclic) bond motifs is 2. The highest BCUT2D eigenvalue weighted by Gasteiger charge is 2.45. The van der Waals surface area contributed by atoms with Gasteiger partial charge >= 0.3 is 5.76 Å². The third-order valence-electron chi connectivity index (χ3n) is 6.06. The Hall–Kier alpha value is -2.66. The van der Waals surface area contributed by atoms with Crippen LogP contribution in [0.5, 0.6) is 0 Å². The van der Waals surface area contributed by atoms with Gasteiger partial charge in [-0.2, -0.15) is 9.72 Å². The van der Waals surface area contributed by atoms with Crippen LogP contribution < -0.4 is 11.5 Å². The van der Waals surface area contributed by atoms with E-state index in [0.29, 0.717) is 18.8 Å². The first-order chi connectivity index (χ1) is 13.9. The normalized spacial score (nSPS) is 15.1. The second-order valence-electron chi connectivity index (χ2n) is 8.48. The molecule has 0 atom stereocenters. The maximum atomic E-state index is 12.3. The van der Waals surface area contributed by atoms with Crippen molar-refractivity contribution >= 4 is 0 Å². The van der Waals surface area contributed by atoms with E-state index in [2.05, 4.69) is 55.2 Å². The summed E-state index contributed by atoms with van der Waals surface area (Å²) >= 11 is 0. The van der Waals surface area contributed by atoms with Crippen LogP contribution in [0.15, 0.2) is 45.7 Å². The van der Waals surface area contributed by atoms with E-state index in [1.54, 1.807) is 4.74 Å². The smallest absolute Gasteiger partial charge is 0.330 e. The molecule has 152 valence electrons. The van der Waals surface area contributed by atoms with Gasteiger partial charge in [0.2, 0.25) is 0 Å². The van der Waals surface area contributed by atoms with E-state index in [4.69, 9.17) is 10.3 Å². The number of hydrogen-bond acceptors (Lipinski definition) is 4. The molecule has 0 unspecified atom stereocenters. The van der Waals surface area contributed by atoms with E-state index < -0.39 is 11.2 Å². The molecule has 5 nitrogen and oxygen atoms in total. The third-order valence-corrected chi connectivity index (χ3v) is 6.06. The van der Waals surface area contributed by atoms with Gasteiger partial charge in [-0.15, -0.1) is 0 Å². The Labute approximate surface area is 171 Å². The minimum atomic E-state index is -0.617. The summed E-state index contributed by atoms with van der Waals surface area (Å²) in [5, 5.41) is 0. The average Bonchev–Trinajstić information content (AvgIpc) is 3.02. The summed E-state index contributed by atoms with van der Waals surface area (Å²) in [5.74, 6) is 0.0942. The molecule has 4 rings (SSSR count). The summed E-state index contributed by atoms with van der Waals surface area (Å²) in [4.78, 5) is 16.7. The summed E-state index contributed by atoms with van der Waals surface area (Å²) in [6.07, 6.45) is 2.55. The van der Waals surface area contributed by atoms with Crippen molar-refractivity contribution in [1.29, 1.82) is 0 Å². The standard InChI is InChI=1S/C24H29N3O2/c1-15(2)27-22(26-23(28)29-27)24(11-12-25)20-9-5-16(3)13-18(20)7-8-19-14-17(4)6-10-21(19)24/h5-6,9-10,13-15H,7-8,11-12,25H2,1-4H3. The molecule has 3 aromatic rings. The van der Waals surface area contributed by atoms with E-state index in [-0.39, 0.29) is 6.04 Å². The minimum absolute atomic E-state index is 0.0269. The highest BCUT2D eigenvalue weighted by atomic mass is 16.5. The first-order valence-electron chi connectivity index (χ1n) is 10.4. The zero-order valence-corrected chi connectivity index (χ0v) is 17.7. The molecule has 5 heteroatoms. The van der Waals surface area contributed by atoms with Crippen molar-refractivity contribution in [2.45, 2.75) is 58.4 Å². The lowest BCUT2D eigenvalue weighted by Gasteiger charge is -2.36. The van der Waals surface area contributed by atoms with Gasteiger partial charge in [-0.25, -0.2) is 4.79 Å². The highest BCUT2D eigenvalue weighted by Crippen LogP contribution is 2.46. The van der Waals surface area contributed by atoms with Crippen LogP contribution in [0.25, 0.3) is 0 Å². The van der Waals surface area contributed by atoms with Crippen LogP contribution in [0.3, 0.4) is 0 Å². The molecule has 2 N–H and O–H groups in total. The molecule has 0 aliphatic heterocycles. The molecular formula is C24H29N3O2. The predicted octanol–water partition coefficient (Wildman–Crippen LogP) is 3.82. The number of rotatable bonds is 4. The first-order valence-corrected chi connectivity index (χ1v) is 10.4. The molecule has 0 amide bonds. The maximum Gasteiger partial charge on any atom is 0.459 e. The SMILES string of the molecule is Cc1ccc2c(c1)CCc1cc(C)ccc1C2(CCN)c1nc(=O)on1C(C)C.